The lowest BCUT2D eigenvalue weighted by atomic mass is 10.1. The van der Waals surface area contributed by atoms with Crippen molar-refractivity contribution in [2.45, 2.75) is 25.3 Å². The molecule has 1 aromatic carbocycles. The van der Waals surface area contributed by atoms with Crippen LogP contribution in [0.4, 0.5) is 10.1 Å². The van der Waals surface area contributed by atoms with Crippen molar-refractivity contribution in [3.63, 3.8) is 0 Å². The number of hydrogen-bond acceptors (Lipinski definition) is 3. The number of hydrogen-bond donors (Lipinski definition) is 1. The van der Waals surface area contributed by atoms with E-state index in [9.17, 15) is 18.8 Å². The van der Waals surface area contributed by atoms with Crippen LogP contribution in [0.1, 0.15) is 19.3 Å². The molecule has 3 rings (SSSR count). The van der Waals surface area contributed by atoms with Gasteiger partial charge in [0.25, 0.3) is 5.91 Å². The van der Waals surface area contributed by atoms with Crippen LogP contribution in [-0.2, 0) is 14.4 Å². The number of quaternary nitrogens is 1. The number of carbonyl (C=O) groups is 3. The Morgan fingerprint density at radius 2 is 1.86 bits per heavy atom. The fourth-order valence-electron chi connectivity index (χ4n) is 3.04. The van der Waals surface area contributed by atoms with Crippen LogP contribution >= 0.6 is 11.6 Å². The SMILES string of the molecule is O=C1CC[NH+]([C@@H]2CC(=O)N(c3ccc(F)c(Cl)c3)C2=O)CC1. The molecule has 2 amide bonds. The van der Waals surface area contributed by atoms with Gasteiger partial charge < -0.3 is 4.90 Å². The van der Waals surface area contributed by atoms with E-state index >= 15 is 0 Å². The molecule has 7 heteroatoms. The zero-order valence-corrected chi connectivity index (χ0v) is 12.5. The molecule has 0 aliphatic carbocycles. The highest BCUT2D eigenvalue weighted by Crippen LogP contribution is 2.26. The second-order valence-corrected chi connectivity index (χ2v) is 6.03. The highest BCUT2D eigenvalue weighted by Gasteiger charge is 2.46. The zero-order chi connectivity index (χ0) is 15.9. The molecule has 2 fully saturated rings. The average molecular weight is 326 g/mol. The maximum Gasteiger partial charge on any atom is 0.292 e. The Hall–Kier alpha value is -1.79. The molecule has 2 heterocycles. The summed E-state index contributed by atoms with van der Waals surface area (Å²) in [6.07, 6.45) is 0.989. The lowest BCUT2D eigenvalue weighted by molar-refractivity contribution is -0.916. The van der Waals surface area contributed by atoms with E-state index in [-0.39, 0.29) is 34.7 Å². The molecular formula is C15H15ClFN2O3+. The van der Waals surface area contributed by atoms with Gasteiger partial charge >= 0.3 is 0 Å². The van der Waals surface area contributed by atoms with E-state index in [2.05, 4.69) is 0 Å². The first-order valence-electron chi connectivity index (χ1n) is 7.15. The summed E-state index contributed by atoms with van der Waals surface area (Å²) in [5.74, 6) is -1.02. The highest BCUT2D eigenvalue weighted by molar-refractivity contribution is 6.31. The van der Waals surface area contributed by atoms with Crippen molar-refractivity contribution >= 4 is 34.9 Å². The number of anilines is 1. The maximum absolute atomic E-state index is 13.2. The molecule has 0 bridgehead atoms. The number of nitrogens with zero attached hydrogens (tertiary/aromatic N) is 1. The zero-order valence-electron chi connectivity index (χ0n) is 11.8. The lowest BCUT2D eigenvalue weighted by Crippen LogP contribution is -3.17. The van der Waals surface area contributed by atoms with E-state index in [1.165, 1.54) is 12.1 Å². The predicted octanol–water partition coefficient (Wildman–Crippen LogP) is 0.359. The van der Waals surface area contributed by atoms with Crippen LogP contribution in [0, 0.1) is 5.82 Å². The Balaban J connectivity index is 1.82. The van der Waals surface area contributed by atoms with Crippen molar-refractivity contribution in [3.8, 4) is 0 Å². The van der Waals surface area contributed by atoms with Crippen LogP contribution in [0.3, 0.4) is 0 Å². The second-order valence-electron chi connectivity index (χ2n) is 5.62. The molecule has 1 N–H and O–H groups in total. The minimum absolute atomic E-state index is 0.108. The van der Waals surface area contributed by atoms with Gasteiger partial charge in [0.2, 0.25) is 5.91 Å². The molecule has 0 spiro atoms. The number of ketones is 1. The Kier molecular flexibility index (Phi) is 3.97. The van der Waals surface area contributed by atoms with Crippen LogP contribution in [0.5, 0.6) is 0 Å². The summed E-state index contributed by atoms with van der Waals surface area (Å²) in [5.41, 5.74) is 0.288. The molecule has 5 nitrogen and oxygen atoms in total. The Morgan fingerprint density at radius 3 is 2.50 bits per heavy atom. The molecule has 116 valence electrons. The number of likely N-dealkylation sites (tertiary alicyclic amines) is 1. The van der Waals surface area contributed by atoms with E-state index in [1.54, 1.807) is 0 Å². The molecule has 2 aliphatic rings. The fraction of sp³-hybridized carbons (Fsp3) is 0.400. The number of carbonyl (C=O) groups excluding carboxylic acids is 3. The Morgan fingerprint density at radius 1 is 1.18 bits per heavy atom. The largest absolute Gasteiger partial charge is 0.324 e. The molecule has 0 radical (unpaired) electrons. The Labute approximate surface area is 131 Å². The summed E-state index contributed by atoms with van der Waals surface area (Å²) in [6.45, 7) is 1.14. The van der Waals surface area contributed by atoms with Crippen molar-refractivity contribution in [1.29, 1.82) is 0 Å². The summed E-state index contributed by atoms with van der Waals surface area (Å²) in [4.78, 5) is 38.1. The van der Waals surface area contributed by atoms with E-state index in [0.717, 1.165) is 15.9 Å². The third-order valence-corrected chi connectivity index (χ3v) is 4.54. The number of imide groups is 1. The van der Waals surface area contributed by atoms with Gasteiger partial charge in [-0.25, -0.2) is 9.29 Å². The van der Waals surface area contributed by atoms with Gasteiger partial charge in [-0.05, 0) is 18.2 Å². The summed E-state index contributed by atoms with van der Waals surface area (Å²) in [6, 6.07) is 3.32. The van der Waals surface area contributed by atoms with E-state index in [4.69, 9.17) is 11.6 Å². The molecule has 2 aliphatic heterocycles. The maximum atomic E-state index is 13.2. The van der Waals surface area contributed by atoms with Crippen molar-refractivity contribution in [2.24, 2.45) is 0 Å². The smallest absolute Gasteiger partial charge is 0.292 e. The van der Waals surface area contributed by atoms with E-state index in [1.807, 2.05) is 0 Å². The minimum Gasteiger partial charge on any atom is -0.324 e. The van der Waals surface area contributed by atoms with Gasteiger partial charge in [-0.3, -0.25) is 14.4 Å². The van der Waals surface area contributed by atoms with Gasteiger partial charge in [0.15, 0.2) is 6.04 Å². The first-order valence-corrected chi connectivity index (χ1v) is 7.53. The molecule has 1 aromatic rings. The third kappa shape index (κ3) is 2.64. The molecule has 2 saturated heterocycles. The van der Waals surface area contributed by atoms with Gasteiger partial charge in [-0.2, -0.15) is 0 Å². The summed E-state index contributed by atoms with van der Waals surface area (Å²) < 4.78 is 13.2. The number of Topliss-reactive ketones (excluding diaryl/α,β-unsaturated/α-hetero) is 1. The normalized spacial score (nSPS) is 23.5. The molecule has 0 aromatic heterocycles. The second kappa shape index (κ2) is 5.78. The number of nitrogens with one attached hydrogen (secondary N) is 1. The summed E-state index contributed by atoms with van der Waals surface area (Å²) in [5, 5.41) is -0.127. The van der Waals surface area contributed by atoms with Crippen LogP contribution in [0.2, 0.25) is 5.02 Å². The topological polar surface area (TPSA) is 58.9 Å². The van der Waals surface area contributed by atoms with Gasteiger partial charge in [0, 0.05) is 0 Å². The number of rotatable bonds is 2. The van der Waals surface area contributed by atoms with E-state index < -0.39 is 11.9 Å². The molecule has 22 heavy (non-hydrogen) atoms. The molecular weight excluding hydrogens is 311 g/mol. The van der Waals surface area contributed by atoms with Crippen molar-refractivity contribution in [3.05, 3.63) is 29.0 Å². The minimum atomic E-state index is -0.596. The van der Waals surface area contributed by atoms with Gasteiger partial charge in [-0.15, -0.1) is 0 Å². The van der Waals surface area contributed by atoms with Crippen LogP contribution in [-0.4, -0.2) is 36.7 Å². The average Bonchev–Trinajstić information content (AvgIpc) is 2.78. The standard InChI is InChI=1S/C15H14ClFN2O3/c16-11-7-9(1-2-12(11)17)19-14(21)8-13(15(19)22)18-5-3-10(20)4-6-18/h1-2,7,13H,3-6,8H2/p+1/t13-/m1/s1. The van der Waals surface area contributed by atoms with Crippen molar-refractivity contribution in [2.75, 3.05) is 18.0 Å². The van der Waals surface area contributed by atoms with Crippen LogP contribution in [0.25, 0.3) is 0 Å². The first-order chi connectivity index (χ1) is 10.5. The highest BCUT2D eigenvalue weighted by atomic mass is 35.5. The van der Waals surface area contributed by atoms with Gasteiger partial charge in [0.05, 0.1) is 43.1 Å². The third-order valence-electron chi connectivity index (χ3n) is 4.25. The van der Waals surface area contributed by atoms with Gasteiger partial charge in [-0.1, -0.05) is 11.6 Å². The quantitative estimate of drug-likeness (QED) is 0.799. The predicted molar refractivity (Wildman–Crippen MR) is 77.2 cm³/mol. The molecule has 1 atom stereocenters. The summed E-state index contributed by atoms with van der Waals surface area (Å²) >= 11 is 5.72. The van der Waals surface area contributed by atoms with Crippen LogP contribution in [0.15, 0.2) is 18.2 Å². The monoisotopic (exact) mass is 325 g/mol. The molecule has 0 saturated carbocycles. The molecule has 0 unspecified atom stereocenters. The van der Waals surface area contributed by atoms with E-state index in [0.29, 0.717) is 25.9 Å². The number of amides is 2. The summed E-state index contributed by atoms with van der Waals surface area (Å²) in [7, 11) is 0. The first kappa shape index (κ1) is 15.1. The number of halogens is 2. The number of piperidine rings is 1. The van der Waals surface area contributed by atoms with Crippen LogP contribution < -0.4 is 9.80 Å². The lowest BCUT2D eigenvalue weighted by Gasteiger charge is -2.27. The fourth-order valence-corrected chi connectivity index (χ4v) is 3.22. The Bertz CT molecular complexity index is 654. The van der Waals surface area contributed by atoms with Gasteiger partial charge in [0.1, 0.15) is 11.6 Å². The van der Waals surface area contributed by atoms with Crippen molar-refractivity contribution < 1.29 is 23.7 Å². The van der Waals surface area contributed by atoms with Crippen molar-refractivity contribution in [1.82, 2.24) is 0 Å². The number of benzene rings is 1.